The summed E-state index contributed by atoms with van der Waals surface area (Å²) in [4.78, 5) is 8.26. The minimum absolute atomic E-state index is 0.386. The molecule has 0 radical (unpaired) electrons. The molecule has 0 aromatic carbocycles. The Hall–Kier alpha value is -1.53. The zero-order valence-corrected chi connectivity index (χ0v) is 10.7. The van der Waals surface area contributed by atoms with Crippen molar-refractivity contribution < 1.29 is 0 Å². The Labute approximate surface area is 110 Å². The van der Waals surface area contributed by atoms with Crippen LogP contribution in [0.25, 0.3) is 17.2 Å². The number of hydrogen-bond donors (Lipinski definition) is 0. The van der Waals surface area contributed by atoms with Gasteiger partial charge in [0.2, 0.25) is 0 Å². The molecule has 3 heterocycles. The molecule has 17 heavy (non-hydrogen) atoms. The molecular formula is C10H5BrClN5. The summed E-state index contributed by atoms with van der Waals surface area (Å²) in [6.45, 7) is 0. The third-order valence-electron chi connectivity index (χ3n) is 2.24. The van der Waals surface area contributed by atoms with E-state index < -0.39 is 0 Å². The van der Waals surface area contributed by atoms with Crippen LogP contribution in [-0.4, -0.2) is 24.6 Å². The molecule has 0 amide bonds. The van der Waals surface area contributed by atoms with E-state index in [1.807, 2.05) is 12.1 Å². The van der Waals surface area contributed by atoms with Crippen LogP contribution in [0.15, 0.2) is 35.2 Å². The minimum atomic E-state index is 0.386. The van der Waals surface area contributed by atoms with Gasteiger partial charge in [-0.15, -0.1) is 10.2 Å². The summed E-state index contributed by atoms with van der Waals surface area (Å²) in [6.07, 6.45) is 3.28. The second-order valence-corrected chi connectivity index (χ2v) is 4.54. The van der Waals surface area contributed by atoms with Crippen LogP contribution in [-0.2, 0) is 0 Å². The zero-order chi connectivity index (χ0) is 11.8. The van der Waals surface area contributed by atoms with Crippen molar-refractivity contribution in [1.82, 2.24) is 24.6 Å². The third-order valence-corrected chi connectivity index (χ3v) is 3.08. The van der Waals surface area contributed by atoms with Crippen molar-refractivity contribution in [1.29, 1.82) is 0 Å². The molecule has 7 heteroatoms. The molecule has 5 nitrogen and oxygen atoms in total. The minimum Gasteiger partial charge on any atom is -0.264 e. The maximum absolute atomic E-state index is 5.79. The fourth-order valence-corrected chi connectivity index (χ4v) is 2.06. The summed E-state index contributed by atoms with van der Waals surface area (Å²) < 4.78 is 2.59. The SMILES string of the molecule is Clc1cc2nnc(-c3ncccc3Br)n2cn1. The first-order chi connectivity index (χ1) is 8.25. The summed E-state index contributed by atoms with van der Waals surface area (Å²) in [5, 5.41) is 8.50. The lowest BCUT2D eigenvalue weighted by Crippen LogP contribution is -1.93. The van der Waals surface area contributed by atoms with Crippen molar-refractivity contribution in [2.75, 3.05) is 0 Å². The average molecular weight is 311 g/mol. The molecule has 3 aromatic heterocycles. The molecule has 0 aliphatic rings. The van der Waals surface area contributed by atoms with Crippen LogP contribution in [0, 0.1) is 0 Å². The fraction of sp³-hybridized carbons (Fsp3) is 0. The van der Waals surface area contributed by atoms with Gasteiger partial charge < -0.3 is 0 Å². The van der Waals surface area contributed by atoms with E-state index in [2.05, 4.69) is 36.1 Å². The Morgan fingerprint density at radius 3 is 2.94 bits per heavy atom. The molecule has 84 valence electrons. The Kier molecular flexibility index (Phi) is 2.53. The van der Waals surface area contributed by atoms with E-state index in [4.69, 9.17) is 11.6 Å². The van der Waals surface area contributed by atoms with Gasteiger partial charge in [-0.05, 0) is 28.1 Å². The van der Waals surface area contributed by atoms with Gasteiger partial charge in [-0.2, -0.15) is 0 Å². The first-order valence-corrected chi connectivity index (χ1v) is 5.90. The summed E-state index contributed by atoms with van der Waals surface area (Å²) in [5.74, 6) is 0.622. The molecule has 0 spiro atoms. The summed E-state index contributed by atoms with van der Waals surface area (Å²) in [6, 6.07) is 5.38. The van der Waals surface area contributed by atoms with Gasteiger partial charge in [-0.3, -0.25) is 9.38 Å². The van der Waals surface area contributed by atoms with Crippen LogP contribution in [0.3, 0.4) is 0 Å². The smallest absolute Gasteiger partial charge is 0.189 e. The Bertz CT molecular complexity index is 696. The Morgan fingerprint density at radius 2 is 2.12 bits per heavy atom. The number of halogens is 2. The molecule has 0 fully saturated rings. The highest BCUT2D eigenvalue weighted by Crippen LogP contribution is 2.24. The molecule has 0 saturated carbocycles. The van der Waals surface area contributed by atoms with Crippen LogP contribution >= 0.6 is 27.5 Å². The third kappa shape index (κ3) is 1.79. The highest BCUT2D eigenvalue weighted by Gasteiger charge is 2.12. The quantitative estimate of drug-likeness (QED) is 0.648. The number of pyridine rings is 1. The van der Waals surface area contributed by atoms with Crippen molar-refractivity contribution in [3.05, 3.63) is 40.3 Å². The first-order valence-electron chi connectivity index (χ1n) is 4.73. The van der Waals surface area contributed by atoms with Gasteiger partial charge in [0.15, 0.2) is 11.5 Å². The summed E-state index contributed by atoms with van der Waals surface area (Å²) >= 11 is 9.22. The van der Waals surface area contributed by atoms with Gasteiger partial charge in [0, 0.05) is 16.7 Å². The first kappa shape index (κ1) is 10.6. The molecule has 0 unspecified atom stereocenters. The Balaban J connectivity index is 2.29. The van der Waals surface area contributed by atoms with Crippen LogP contribution in [0.4, 0.5) is 0 Å². The molecule has 0 N–H and O–H groups in total. The molecule has 0 aliphatic carbocycles. The van der Waals surface area contributed by atoms with Gasteiger partial charge >= 0.3 is 0 Å². The summed E-state index contributed by atoms with van der Waals surface area (Å²) in [7, 11) is 0. The zero-order valence-electron chi connectivity index (χ0n) is 8.38. The number of fused-ring (bicyclic) bond motifs is 1. The van der Waals surface area contributed by atoms with Crippen molar-refractivity contribution >= 4 is 33.2 Å². The van der Waals surface area contributed by atoms with Gasteiger partial charge in [0.1, 0.15) is 17.2 Å². The number of rotatable bonds is 1. The highest BCUT2D eigenvalue weighted by atomic mass is 79.9. The Morgan fingerprint density at radius 1 is 1.24 bits per heavy atom. The van der Waals surface area contributed by atoms with Crippen LogP contribution in [0.5, 0.6) is 0 Å². The maximum atomic E-state index is 5.79. The monoisotopic (exact) mass is 309 g/mol. The lowest BCUT2D eigenvalue weighted by Gasteiger charge is -2.00. The normalized spacial score (nSPS) is 10.9. The van der Waals surface area contributed by atoms with E-state index in [0.29, 0.717) is 22.3 Å². The highest BCUT2D eigenvalue weighted by molar-refractivity contribution is 9.10. The van der Waals surface area contributed by atoms with Crippen molar-refractivity contribution in [3.8, 4) is 11.5 Å². The fourth-order valence-electron chi connectivity index (χ4n) is 1.48. The largest absolute Gasteiger partial charge is 0.264 e. The standard InChI is InChI=1S/C10H5BrClN5/c11-6-2-1-3-13-9(6)10-16-15-8-4-7(12)14-5-17(8)10/h1-5H. The number of nitrogens with zero attached hydrogens (tertiary/aromatic N) is 5. The molecular weight excluding hydrogens is 306 g/mol. The van der Waals surface area contributed by atoms with Crippen LogP contribution < -0.4 is 0 Å². The van der Waals surface area contributed by atoms with Gasteiger partial charge in [-0.25, -0.2) is 4.98 Å². The lowest BCUT2D eigenvalue weighted by atomic mass is 10.3. The second kappa shape index (κ2) is 4.05. The van der Waals surface area contributed by atoms with E-state index in [1.54, 1.807) is 23.0 Å². The lowest BCUT2D eigenvalue weighted by molar-refractivity contribution is 1.06. The van der Waals surface area contributed by atoms with E-state index in [0.717, 1.165) is 4.47 Å². The van der Waals surface area contributed by atoms with Gasteiger partial charge in [-0.1, -0.05) is 11.6 Å². The molecule has 0 saturated heterocycles. The maximum Gasteiger partial charge on any atom is 0.189 e. The van der Waals surface area contributed by atoms with E-state index in [1.165, 1.54) is 0 Å². The average Bonchev–Trinajstić information content (AvgIpc) is 2.72. The topological polar surface area (TPSA) is 56.0 Å². The van der Waals surface area contributed by atoms with Crippen molar-refractivity contribution in [3.63, 3.8) is 0 Å². The van der Waals surface area contributed by atoms with E-state index in [-0.39, 0.29) is 0 Å². The van der Waals surface area contributed by atoms with E-state index >= 15 is 0 Å². The predicted molar refractivity (Wildman–Crippen MR) is 66.7 cm³/mol. The predicted octanol–water partition coefficient (Wildman–Crippen LogP) is 2.60. The molecule has 0 aliphatic heterocycles. The molecule has 3 rings (SSSR count). The van der Waals surface area contributed by atoms with Crippen LogP contribution in [0.2, 0.25) is 5.15 Å². The molecule has 0 bridgehead atoms. The van der Waals surface area contributed by atoms with Crippen molar-refractivity contribution in [2.45, 2.75) is 0 Å². The van der Waals surface area contributed by atoms with Gasteiger partial charge in [0.05, 0.1) is 0 Å². The van der Waals surface area contributed by atoms with E-state index in [9.17, 15) is 0 Å². The molecule has 3 aromatic rings. The second-order valence-electron chi connectivity index (χ2n) is 3.30. The number of aromatic nitrogens is 5. The van der Waals surface area contributed by atoms with Crippen LogP contribution in [0.1, 0.15) is 0 Å². The van der Waals surface area contributed by atoms with Gasteiger partial charge in [0.25, 0.3) is 0 Å². The molecule has 0 atom stereocenters. The number of hydrogen-bond acceptors (Lipinski definition) is 4. The summed E-state index contributed by atoms with van der Waals surface area (Å²) in [5.41, 5.74) is 1.35. The van der Waals surface area contributed by atoms with Crippen molar-refractivity contribution in [2.24, 2.45) is 0 Å².